The molecule has 0 aromatic heterocycles. The van der Waals surface area contributed by atoms with Crippen molar-refractivity contribution in [3.8, 4) is 0 Å². The molecule has 0 aliphatic heterocycles. The average Bonchev–Trinajstić information content (AvgIpc) is 2.36. The van der Waals surface area contributed by atoms with Gasteiger partial charge >= 0.3 is 0 Å². The highest BCUT2D eigenvalue weighted by molar-refractivity contribution is 5.87. The Kier molecular flexibility index (Phi) is 6.65. The molecule has 21 heavy (non-hydrogen) atoms. The summed E-state index contributed by atoms with van der Waals surface area (Å²) in [6, 6.07) is 10.4. The Morgan fingerprint density at radius 2 is 2.00 bits per heavy atom. The number of halogens is 1. The van der Waals surface area contributed by atoms with Gasteiger partial charge in [0, 0.05) is 19.1 Å². The van der Waals surface area contributed by atoms with Gasteiger partial charge in [0.25, 0.3) is 0 Å². The lowest BCUT2D eigenvalue weighted by Crippen LogP contribution is -2.60. The maximum absolute atomic E-state index is 12.0. The fourth-order valence-corrected chi connectivity index (χ4v) is 2.63. The van der Waals surface area contributed by atoms with Gasteiger partial charge in [-0.1, -0.05) is 30.3 Å². The van der Waals surface area contributed by atoms with E-state index in [0.29, 0.717) is 0 Å². The largest absolute Gasteiger partial charge is 0.351 e. The van der Waals surface area contributed by atoms with Crippen LogP contribution in [0.1, 0.15) is 31.7 Å². The van der Waals surface area contributed by atoms with Crippen LogP contribution in [0.25, 0.3) is 0 Å². The van der Waals surface area contributed by atoms with Crippen LogP contribution >= 0.6 is 12.4 Å². The predicted molar refractivity (Wildman–Crippen MR) is 88.4 cm³/mol. The topological polar surface area (TPSA) is 58.4 Å². The molecule has 1 amide bonds. The van der Waals surface area contributed by atoms with Crippen molar-refractivity contribution in [3.05, 3.63) is 35.9 Å². The fourth-order valence-electron chi connectivity index (χ4n) is 2.63. The van der Waals surface area contributed by atoms with Gasteiger partial charge in [-0.3, -0.25) is 4.79 Å². The number of carbonyl (C=O) groups excluding carboxylic acids is 1. The number of nitrogens with two attached hydrogens (primary N) is 1. The number of hydrogen-bond acceptors (Lipinski definition) is 3. The second-order valence-electron chi connectivity index (χ2n) is 6.07. The van der Waals surface area contributed by atoms with Gasteiger partial charge in [-0.15, -0.1) is 12.4 Å². The van der Waals surface area contributed by atoms with Gasteiger partial charge in [-0.2, -0.15) is 0 Å². The summed E-state index contributed by atoms with van der Waals surface area (Å²) in [5.41, 5.74) is 6.70. The molecule has 5 heteroatoms. The van der Waals surface area contributed by atoms with Gasteiger partial charge in [0.2, 0.25) is 5.91 Å². The molecule has 0 heterocycles. The first kappa shape index (κ1) is 18.0. The van der Waals surface area contributed by atoms with Crippen LogP contribution in [0.3, 0.4) is 0 Å². The minimum atomic E-state index is -0.605. The molecule has 0 spiro atoms. The first-order valence-corrected chi connectivity index (χ1v) is 7.32. The number of nitrogens with zero attached hydrogens (tertiary/aromatic N) is 1. The molecule has 0 radical (unpaired) electrons. The molecule has 1 aromatic rings. The highest BCUT2D eigenvalue weighted by Crippen LogP contribution is 2.29. The third kappa shape index (κ3) is 4.99. The first-order chi connectivity index (χ1) is 9.49. The summed E-state index contributed by atoms with van der Waals surface area (Å²) in [5, 5.41) is 3.03. The van der Waals surface area contributed by atoms with E-state index in [1.54, 1.807) is 0 Å². The minimum Gasteiger partial charge on any atom is -0.351 e. The van der Waals surface area contributed by atoms with Crippen LogP contribution < -0.4 is 11.1 Å². The van der Waals surface area contributed by atoms with Crippen LogP contribution in [-0.4, -0.2) is 36.0 Å². The summed E-state index contributed by atoms with van der Waals surface area (Å²) >= 11 is 0. The molecule has 1 saturated carbocycles. The molecule has 4 nitrogen and oxygen atoms in total. The standard InChI is InChI=1S/C16H25N3O.ClH/c1-13(18-15(20)16(17)9-6-10-16)11-19(2)12-14-7-4-3-5-8-14;/h3-5,7-8,13H,6,9-12,17H2,1-2H3,(H,18,20);1H. The molecular formula is C16H26ClN3O. The van der Waals surface area contributed by atoms with Gasteiger partial charge in [0.05, 0.1) is 5.54 Å². The second kappa shape index (κ2) is 7.78. The molecule has 1 fully saturated rings. The Morgan fingerprint density at radius 3 is 2.52 bits per heavy atom. The van der Waals surface area contributed by atoms with Crippen LogP contribution in [0.4, 0.5) is 0 Å². The number of nitrogens with one attached hydrogen (secondary N) is 1. The van der Waals surface area contributed by atoms with E-state index in [4.69, 9.17) is 5.73 Å². The Balaban J connectivity index is 0.00000220. The van der Waals surface area contributed by atoms with Crippen molar-refractivity contribution in [2.24, 2.45) is 5.73 Å². The van der Waals surface area contributed by atoms with E-state index in [1.165, 1.54) is 5.56 Å². The van der Waals surface area contributed by atoms with Crippen molar-refractivity contribution in [2.75, 3.05) is 13.6 Å². The molecule has 1 aliphatic rings. The van der Waals surface area contributed by atoms with Crippen molar-refractivity contribution in [2.45, 2.75) is 44.3 Å². The van der Waals surface area contributed by atoms with Gasteiger partial charge in [0.1, 0.15) is 0 Å². The van der Waals surface area contributed by atoms with E-state index in [0.717, 1.165) is 32.4 Å². The van der Waals surface area contributed by atoms with E-state index in [1.807, 2.05) is 25.1 Å². The zero-order valence-electron chi connectivity index (χ0n) is 12.8. The second-order valence-corrected chi connectivity index (χ2v) is 6.07. The lowest BCUT2D eigenvalue weighted by Gasteiger charge is -2.37. The highest BCUT2D eigenvalue weighted by atomic mass is 35.5. The van der Waals surface area contributed by atoms with Gasteiger partial charge in [-0.25, -0.2) is 0 Å². The van der Waals surface area contributed by atoms with Crippen molar-refractivity contribution in [1.82, 2.24) is 10.2 Å². The number of rotatable bonds is 6. The van der Waals surface area contributed by atoms with Crippen LogP contribution in [0, 0.1) is 0 Å². The molecule has 2 rings (SSSR count). The van der Waals surface area contributed by atoms with Crippen molar-refractivity contribution in [1.29, 1.82) is 0 Å². The normalized spacial score (nSPS) is 17.5. The van der Waals surface area contributed by atoms with Gasteiger partial charge < -0.3 is 16.0 Å². The smallest absolute Gasteiger partial charge is 0.240 e. The van der Waals surface area contributed by atoms with E-state index >= 15 is 0 Å². The van der Waals surface area contributed by atoms with Gasteiger partial charge in [0.15, 0.2) is 0 Å². The van der Waals surface area contributed by atoms with Crippen LogP contribution in [0.5, 0.6) is 0 Å². The van der Waals surface area contributed by atoms with Crippen molar-refractivity contribution >= 4 is 18.3 Å². The summed E-state index contributed by atoms with van der Waals surface area (Å²) in [4.78, 5) is 14.3. The number of likely N-dealkylation sites (N-methyl/N-ethyl adjacent to an activating group) is 1. The minimum absolute atomic E-state index is 0. The number of carbonyl (C=O) groups is 1. The third-order valence-corrected chi connectivity index (χ3v) is 3.96. The summed E-state index contributed by atoms with van der Waals surface area (Å²) in [5.74, 6) is 0.00404. The Bertz CT molecular complexity index is 448. The van der Waals surface area contributed by atoms with E-state index in [2.05, 4.69) is 29.4 Å². The van der Waals surface area contributed by atoms with Crippen LogP contribution in [-0.2, 0) is 11.3 Å². The summed E-state index contributed by atoms with van der Waals surface area (Å²) < 4.78 is 0. The molecule has 1 atom stereocenters. The van der Waals surface area contributed by atoms with Crippen LogP contribution in [0.2, 0.25) is 0 Å². The Hall–Kier alpha value is -1.10. The molecule has 0 saturated heterocycles. The predicted octanol–water partition coefficient (Wildman–Crippen LogP) is 1.93. The molecule has 118 valence electrons. The molecular weight excluding hydrogens is 286 g/mol. The van der Waals surface area contributed by atoms with Gasteiger partial charge in [-0.05, 0) is 38.8 Å². The average molecular weight is 312 g/mol. The highest BCUT2D eigenvalue weighted by Gasteiger charge is 2.40. The number of hydrogen-bond donors (Lipinski definition) is 2. The SMILES string of the molecule is CC(CN(C)Cc1ccccc1)NC(=O)C1(N)CCC1.Cl. The molecule has 3 N–H and O–H groups in total. The maximum Gasteiger partial charge on any atom is 0.240 e. The molecule has 1 unspecified atom stereocenters. The summed E-state index contributed by atoms with van der Waals surface area (Å²) in [7, 11) is 2.07. The van der Waals surface area contributed by atoms with Crippen molar-refractivity contribution < 1.29 is 4.79 Å². The Morgan fingerprint density at radius 1 is 1.38 bits per heavy atom. The monoisotopic (exact) mass is 311 g/mol. The third-order valence-electron chi connectivity index (χ3n) is 3.96. The zero-order valence-corrected chi connectivity index (χ0v) is 13.7. The van der Waals surface area contributed by atoms with E-state index in [-0.39, 0.29) is 24.4 Å². The number of benzene rings is 1. The summed E-state index contributed by atoms with van der Waals surface area (Å²) in [6.45, 7) is 3.73. The number of amides is 1. The fraction of sp³-hybridized carbons (Fsp3) is 0.562. The zero-order chi connectivity index (χ0) is 14.6. The Labute approximate surface area is 133 Å². The first-order valence-electron chi connectivity index (χ1n) is 7.32. The van der Waals surface area contributed by atoms with E-state index in [9.17, 15) is 4.79 Å². The molecule has 0 bridgehead atoms. The maximum atomic E-state index is 12.0. The lowest BCUT2D eigenvalue weighted by molar-refractivity contribution is -0.130. The van der Waals surface area contributed by atoms with Crippen LogP contribution in [0.15, 0.2) is 30.3 Å². The summed E-state index contributed by atoms with van der Waals surface area (Å²) in [6.07, 6.45) is 2.68. The lowest BCUT2D eigenvalue weighted by atomic mass is 9.77. The van der Waals surface area contributed by atoms with Crippen molar-refractivity contribution in [3.63, 3.8) is 0 Å². The molecule has 1 aliphatic carbocycles. The van der Waals surface area contributed by atoms with E-state index < -0.39 is 5.54 Å². The quantitative estimate of drug-likeness (QED) is 0.844. The molecule has 1 aromatic carbocycles.